The highest BCUT2D eigenvalue weighted by molar-refractivity contribution is 5.97. The molecule has 1 amide bonds. The molecule has 0 fully saturated rings. The third kappa shape index (κ3) is 2.80. The molecule has 0 aromatic carbocycles. The Kier molecular flexibility index (Phi) is 4.01. The molecule has 3 N–H and O–H groups in total. The first-order valence-electron chi connectivity index (χ1n) is 4.58. The number of amides is 1. The van der Waals surface area contributed by atoms with Crippen molar-refractivity contribution in [3.8, 4) is 0 Å². The molecule has 1 rings (SSSR count). The molecule has 0 aliphatic carbocycles. The van der Waals surface area contributed by atoms with E-state index >= 15 is 0 Å². The van der Waals surface area contributed by atoms with Gasteiger partial charge in [0, 0.05) is 12.8 Å². The summed E-state index contributed by atoms with van der Waals surface area (Å²) in [6.07, 6.45) is 1.34. The van der Waals surface area contributed by atoms with Crippen molar-refractivity contribution in [1.82, 2.24) is 15.5 Å². The van der Waals surface area contributed by atoms with Crippen molar-refractivity contribution >= 4 is 11.9 Å². The molecule has 7 heteroatoms. The van der Waals surface area contributed by atoms with Gasteiger partial charge in [-0.05, 0) is 6.92 Å². The summed E-state index contributed by atoms with van der Waals surface area (Å²) in [7, 11) is 1.37. The quantitative estimate of drug-likeness (QED) is 0.631. The van der Waals surface area contributed by atoms with E-state index < -0.39 is 17.9 Å². The summed E-state index contributed by atoms with van der Waals surface area (Å²) in [5.74, 6) is -1.63. The third-order valence-corrected chi connectivity index (χ3v) is 2.01. The summed E-state index contributed by atoms with van der Waals surface area (Å²) in [5, 5.41) is 17.4. The van der Waals surface area contributed by atoms with E-state index in [1.807, 2.05) is 0 Å². The Balaban J connectivity index is 2.69. The van der Waals surface area contributed by atoms with Gasteiger partial charge in [0.2, 0.25) is 0 Å². The number of carboxylic acids is 1. The Hall–Kier alpha value is -1.89. The number of carboxylic acid groups (broad SMARTS) is 1. The van der Waals surface area contributed by atoms with Crippen LogP contribution < -0.4 is 5.32 Å². The predicted molar refractivity (Wildman–Crippen MR) is 54.1 cm³/mol. The van der Waals surface area contributed by atoms with Crippen LogP contribution in [0.5, 0.6) is 0 Å². The fourth-order valence-electron chi connectivity index (χ4n) is 1.16. The Morgan fingerprint density at radius 1 is 1.69 bits per heavy atom. The zero-order chi connectivity index (χ0) is 12.1. The zero-order valence-corrected chi connectivity index (χ0v) is 8.98. The standard InChI is InChI=1S/C9H13N3O4/c1-5-6(3-10-12-5)8(13)11-7(4-16-2)9(14)15/h3,7H,4H2,1-2H3,(H,10,12)(H,11,13)(H,14,15). The molecule has 0 aliphatic rings. The molecule has 0 bridgehead atoms. The number of nitrogens with one attached hydrogen (secondary N) is 2. The molecule has 1 heterocycles. The molecule has 0 radical (unpaired) electrons. The van der Waals surface area contributed by atoms with Gasteiger partial charge in [0.25, 0.3) is 5.91 Å². The Morgan fingerprint density at radius 2 is 2.38 bits per heavy atom. The maximum absolute atomic E-state index is 11.6. The van der Waals surface area contributed by atoms with Crippen molar-refractivity contribution in [2.45, 2.75) is 13.0 Å². The summed E-state index contributed by atoms with van der Waals surface area (Å²) < 4.78 is 4.69. The number of rotatable bonds is 5. The van der Waals surface area contributed by atoms with Crippen molar-refractivity contribution in [2.75, 3.05) is 13.7 Å². The molecule has 1 aromatic rings. The van der Waals surface area contributed by atoms with E-state index in [0.29, 0.717) is 11.3 Å². The van der Waals surface area contributed by atoms with Crippen LogP contribution in [0.3, 0.4) is 0 Å². The second-order valence-corrected chi connectivity index (χ2v) is 3.23. The summed E-state index contributed by atoms with van der Waals surface area (Å²) >= 11 is 0. The van der Waals surface area contributed by atoms with Gasteiger partial charge in [-0.1, -0.05) is 0 Å². The van der Waals surface area contributed by atoms with Crippen LogP contribution in [-0.4, -0.2) is 46.9 Å². The number of hydrogen-bond donors (Lipinski definition) is 3. The van der Waals surface area contributed by atoms with E-state index in [0.717, 1.165) is 0 Å². The lowest BCUT2D eigenvalue weighted by atomic mass is 10.2. The van der Waals surface area contributed by atoms with E-state index in [1.165, 1.54) is 13.3 Å². The maximum atomic E-state index is 11.6. The van der Waals surface area contributed by atoms with Crippen molar-refractivity contribution in [3.63, 3.8) is 0 Å². The number of aliphatic carboxylic acids is 1. The average Bonchev–Trinajstić information content (AvgIpc) is 2.63. The Bertz CT molecular complexity index is 388. The smallest absolute Gasteiger partial charge is 0.328 e. The molecule has 0 saturated heterocycles. The van der Waals surface area contributed by atoms with Crippen LogP contribution in [0, 0.1) is 6.92 Å². The largest absolute Gasteiger partial charge is 0.480 e. The molecular weight excluding hydrogens is 214 g/mol. The number of nitrogens with zero attached hydrogens (tertiary/aromatic N) is 1. The molecule has 1 atom stereocenters. The minimum absolute atomic E-state index is 0.0853. The normalized spacial score (nSPS) is 12.1. The highest BCUT2D eigenvalue weighted by Gasteiger charge is 2.21. The van der Waals surface area contributed by atoms with Crippen LogP contribution in [0.1, 0.15) is 16.1 Å². The van der Waals surface area contributed by atoms with Crippen LogP contribution >= 0.6 is 0 Å². The number of aromatic amines is 1. The van der Waals surface area contributed by atoms with Crippen molar-refractivity contribution < 1.29 is 19.4 Å². The lowest BCUT2D eigenvalue weighted by Gasteiger charge is -2.12. The Morgan fingerprint density at radius 3 is 2.81 bits per heavy atom. The number of aryl methyl sites for hydroxylation is 1. The van der Waals surface area contributed by atoms with Gasteiger partial charge in [-0.3, -0.25) is 9.89 Å². The second kappa shape index (κ2) is 5.26. The first kappa shape index (κ1) is 12.2. The number of H-pyrrole nitrogens is 1. The number of methoxy groups -OCH3 is 1. The first-order valence-corrected chi connectivity index (χ1v) is 4.58. The van der Waals surface area contributed by atoms with E-state index in [9.17, 15) is 9.59 Å². The van der Waals surface area contributed by atoms with Gasteiger partial charge < -0.3 is 15.2 Å². The SMILES string of the molecule is COCC(NC(=O)c1cn[nH]c1C)C(=O)O. The molecule has 88 valence electrons. The van der Waals surface area contributed by atoms with E-state index in [2.05, 4.69) is 15.5 Å². The van der Waals surface area contributed by atoms with Gasteiger partial charge in [0.1, 0.15) is 0 Å². The van der Waals surface area contributed by atoms with E-state index in [4.69, 9.17) is 9.84 Å². The summed E-state index contributed by atoms with van der Waals surface area (Å²) in [4.78, 5) is 22.4. The monoisotopic (exact) mass is 227 g/mol. The van der Waals surface area contributed by atoms with Gasteiger partial charge in [0.15, 0.2) is 6.04 Å². The highest BCUT2D eigenvalue weighted by atomic mass is 16.5. The van der Waals surface area contributed by atoms with Crippen LogP contribution in [0.15, 0.2) is 6.20 Å². The molecule has 1 unspecified atom stereocenters. The molecule has 7 nitrogen and oxygen atoms in total. The molecule has 0 spiro atoms. The van der Waals surface area contributed by atoms with Crippen molar-refractivity contribution in [3.05, 3.63) is 17.5 Å². The lowest BCUT2D eigenvalue weighted by molar-refractivity contribution is -0.140. The van der Waals surface area contributed by atoms with Crippen LogP contribution in [0.2, 0.25) is 0 Å². The first-order chi connectivity index (χ1) is 7.56. The number of carbonyl (C=O) groups excluding carboxylic acids is 1. The molecule has 0 saturated carbocycles. The van der Waals surface area contributed by atoms with Gasteiger partial charge in [-0.15, -0.1) is 0 Å². The lowest BCUT2D eigenvalue weighted by Crippen LogP contribution is -2.43. The van der Waals surface area contributed by atoms with Crippen molar-refractivity contribution in [1.29, 1.82) is 0 Å². The zero-order valence-electron chi connectivity index (χ0n) is 8.98. The summed E-state index contributed by atoms with van der Waals surface area (Å²) in [6.45, 7) is 1.59. The minimum Gasteiger partial charge on any atom is -0.480 e. The summed E-state index contributed by atoms with van der Waals surface area (Å²) in [5.41, 5.74) is 0.904. The summed E-state index contributed by atoms with van der Waals surface area (Å²) in [6, 6.07) is -1.06. The van der Waals surface area contributed by atoms with Gasteiger partial charge in [-0.2, -0.15) is 5.10 Å². The molecule has 1 aromatic heterocycles. The number of carbonyl (C=O) groups is 2. The van der Waals surface area contributed by atoms with E-state index in [1.54, 1.807) is 6.92 Å². The molecule has 0 aliphatic heterocycles. The average molecular weight is 227 g/mol. The fraction of sp³-hybridized carbons (Fsp3) is 0.444. The minimum atomic E-state index is -1.14. The maximum Gasteiger partial charge on any atom is 0.328 e. The van der Waals surface area contributed by atoms with Crippen molar-refractivity contribution in [2.24, 2.45) is 0 Å². The van der Waals surface area contributed by atoms with Gasteiger partial charge in [-0.25, -0.2) is 4.79 Å². The van der Waals surface area contributed by atoms with E-state index in [-0.39, 0.29) is 6.61 Å². The number of ether oxygens (including phenoxy) is 1. The van der Waals surface area contributed by atoms with Crippen LogP contribution in [0.25, 0.3) is 0 Å². The van der Waals surface area contributed by atoms with Gasteiger partial charge in [0.05, 0.1) is 18.4 Å². The molecule has 16 heavy (non-hydrogen) atoms. The Labute approximate surface area is 91.8 Å². The second-order valence-electron chi connectivity index (χ2n) is 3.23. The van der Waals surface area contributed by atoms with Gasteiger partial charge >= 0.3 is 5.97 Å². The number of hydrogen-bond acceptors (Lipinski definition) is 4. The fourth-order valence-corrected chi connectivity index (χ4v) is 1.16. The third-order valence-electron chi connectivity index (χ3n) is 2.01. The number of aromatic nitrogens is 2. The van der Waals surface area contributed by atoms with Crippen LogP contribution in [0.4, 0.5) is 0 Å². The topological polar surface area (TPSA) is 104 Å². The highest BCUT2D eigenvalue weighted by Crippen LogP contribution is 2.02. The molecular formula is C9H13N3O4. The van der Waals surface area contributed by atoms with Crippen LogP contribution in [-0.2, 0) is 9.53 Å². The predicted octanol–water partition coefficient (Wildman–Crippen LogP) is -0.452.